The predicted octanol–water partition coefficient (Wildman–Crippen LogP) is 3.72. The van der Waals surface area contributed by atoms with Crippen LogP contribution in [0.25, 0.3) is 16.9 Å². The van der Waals surface area contributed by atoms with Crippen molar-refractivity contribution in [2.24, 2.45) is 0 Å². The van der Waals surface area contributed by atoms with Crippen LogP contribution in [0.5, 0.6) is 0 Å². The molecule has 1 fully saturated rings. The Labute approximate surface area is 188 Å². The van der Waals surface area contributed by atoms with Gasteiger partial charge in [0.2, 0.25) is 0 Å². The monoisotopic (exact) mass is 425 g/mol. The maximum absolute atomic E-state index is 13.4. The van der Waals surface area contributed by atoms with E-state index in [4.69, 9.17) is 10.4 Å². The predicted molar refractivity (Wildman–Crippen MR) is 124 cm³/mol. The van der Waals surface area contributed by atoms with E-state index in [0.717, 1.165) is 49.2 Å². The van der Waals surface area contributed by atoms with Gasteiger partial charge in [-0.15, -0.1) is 0 Å². The number of nitriles is 1. The van der Waals surface area contributed by atoms with Gasteiger partial charge in [-0.25, -0.2) is 4.68 Å². The van der Waals surface area contributed by atoms with E-state index >= 15 is 0 Å². The number of nitrogens with one attached hydrogen (secondary N) is 1. The van der Waals surface area contributed by atoms with E-state index in [9.17, 15) is 4.79 Å². The van der Waals surface area contributed by atoms with Crippen molar-refractivity contribution < 1.29 is 4.79 Å². The lowest BCUT2D eigenvalue weighted by atomic mass is 10.1. The molecule has 1 aromatic heterocycles. The number of likely N-dealkylation sites (N-methyl/N-ethyl adjacent to an activating group) is 1. The fourth-order valence-electron chi connectivity index (χ4n) is 4.85. The summed E-state index contributed by atoms with van der Waals surface area (Å²) in [6, 6.07) is 18.3. The molecular weight excluding hydrogens is 398 g/mol. The van der Waals surface area contributed by atoms with Gasteiger partial charge in [0, 0.05) is 24.7 Å². The average Bonchev–Trinajstić information content (AvgIpc) is 3.50. The van der Waals surface area contributed by atoms with Gasteiger partial charge in [-0.3, -0.25) is 4.79 Å². The molecule has 3 aromatic rings. The van der Waals surface area contributed by atoms with Gasteiger partial charge >= 0.3 is 0 Å². The van der Waals surface area contributed by atoms with E-state index in [1.54, 1.807) is 12.1 Å². The van der Waals surface area contributed by atoms with E-state index in [2.05, 4.69) is 29.6 Å². The molecule has 32 heavy (non-hydrogen) atoms. The molecule has 162 valence electrons. The molecule has 1 amide bonds. The van der Waals surface area contributed by atoms with Crippen molar-refractivity contribution in [1.29, 1.82) is 5.26 Å². The third-order valence-corrected chi connectivity index (χ3v) is 6.68. The molecule has 2 heterocycles. The fraction of sp³-hybridized carbons (Fsp3) is 0.346. The summed E-state index contributed by atoms with van der Waals surface area (Å²) in [5.74, 6) is -0.0280. The highest BCUT2D eigenvalue weighted by Gasteiger charge is 2.26. The van der Waals surface area contributed by atoms with Crippen molar-refractivity contribution in [2.75, 3.05) is 20.1 Å². The van der Waals surface area contributed by atoms with Gasteiger partial charge in [0.25, 0.3) is 5.91 Å². The molecule has 0 bridgehead atoms. The zero-order chi connectivity index (χ0) is 22.1. The van der Waals surface area contributed by atoms with Gasteiger partial charge in [-0.05, 0) is 80.6 Å². The third kappa shape index (κ3) is 3.80. The zero-order valence-corrected chi connectivity index (χ0v) is 18.3. The van der Waals surface area contributed by atoms with Crippen molar-refractivity contribution in [2.45, 2.75) is 38.1 Å². The van der Waals surface area contributed by atoms with Gasteiger partial charge in [0.05, 0.1) is 23.0 Å². The van der Waals surface area contributed by atoms with Crippen LogP contribution in [0.4, 0.5) is 0 Å². The van der Waals surface area contributed by atoms with Crippen LogP contribution in [0.3, 0.4) is 0 Å². The number of carbonyl (C=O) groups is 1. The molecule has 6 heteroatoms. The summed E-state index contributed by atoms with van der Waals surface area (Å²) >= 11 is 0. The van der Waals surface area contributed by atoms with Crippen molar-refractivity contribution >= 4 is 5.91 Å². The van der Waals surface area contributed by atoms with E-state index in [0.29, 0.717) is 23.8 Å². The van der Waals surface area contributed by atoms with Gasteiger partial charge in [0.15, 0.2) is 5.69 Å². The Balaban J connectivity index is 1.56. The van der Waals surface area contributed by atoms with Crippen molar-refractivity contribution in [3.8, 4) is 23.0 Å². The lowest BCUT2D eigenvalue weighted by Gasteiger charge is -2.32. The van der Waals surface area contributed by atoms with Crippen LogP contribution < -0.4 is 5.32 Å². The summed E-state index contributed by atoms with van der Waals surface area (Å²) < 4.78 is 1.88. The molecule has 2 aromatic carbocycles. The highest BCUT2D eigenvalue weighted by Crippen LogP contribution is 2.29. The van der Waals surface area contributed by atoms with Gasteiger partial charge in [-0.1, -0.05) is 18.2 Å². The number of likely N-dealkylation sites (tertiary alicyclic amines) is 1. The third-order valence-electron chi connectivity index (χ3n) is 6.68. The standard InChI is InChI=1S/C26H27N5O/c1-28-22-6-3-13-30(17-22)26(32)24-15-25(20-9-7-18(16-27)8-10-20)31(29-24)23-12-11-19-4-2-5-21(19)14-23/h7-12,14-15,22,28H,2-6,13,17H2,1H3. The molecular formula is C26H27N5O. The Kier molecular flexibility index (Phi) is 5.50. The van der Waals surface area contributed by atoms with E-state index in [1.807, 2.05) is 34.8 Å². The summed E-state index contributed by atoms with van der Waals surface area (Å²) in [5, 5.41) is 17.2. The molecule has 0 saturated carbocycles. The average molecular weight is 426 g/mol. The Morgan fingerprint density at radius 2 is 1.91 bits per heavy atom. The van der Waals surface area contributed by atoms with Crippen LogP contribution in [0.2, 0.25) is 0 Å². The largest absolute Gasteiger partial charge is 0.336 e. The summed E-state index contributed by atoms with van der Waals surface area (Å²) in [7, 11) is 1.95. The zero-order valence-electron chi connectivity index (χ0n) is 18.3. The molecule has 1 aliphatic heterocycles. The lowest BCUT2D eigenvalue weighted by Crippen LogP contribution is -2.47. The fourth-order valence-corrected chi connectivity index (χ4v) is 4.85. The number of rotatable bonds is 4. The molecule has 1 saturated heterocycles. The number of carbonyl (C=O) groups excluding carboxylic acids is 1. The molecule has 1 aliphatic carbocycles. The molecule has 2 aliphatic rings. The second-order valence-corrected chi connectivity index (χ2v) is 8.70. The number of aryl methyl sites for hydroxylation is 2. The number of piperidine rings is 1. The van der Waals surface area contributed by atoms with Crippen LogP contribution >= 0.6 is 0 Å². The minimum absolute atomic E-state index is 0.0280. The maximum atomic E-state index is 13.4. The van der Waals surface area contributed by atoms with Crippen LogP contribution in [0.1, 0.15) is 46.4 Å². The van der Waals surface area contributed by atoms with Crippen LogP contribution in [-0.4, -0.2) is 46.8 Å². The first-order chi connectivity index (χ1) is 15.7. The minimum atomic E-state index is -0.0280. The van der Waals surface area contributed by atoms with E-state index < -0.39 is 0 Å². The number of hydrogen-bond acceptors (Lipinski definition) is 4. The highest BCUT2D eigenvalue weighted by atomic mass is 16.2. The molecule has 1 atom stereocenters. The van der Waals surface area contributed by atoms with Gasteiger partial charge in [-0.2, -0.15) is 10.4 Å². The minimum Gasteiger partial charge on any atom is -0.336 e. The number of benzene rings is 2. The van der Waals surface area contributed by atoms with E-state index in [-0.39, 0.29) is 5.91 Å². The topological polar surface area (TPSA) is 74.0 Å². The molecule has 5 rings (SSSR count). The number of amides is 1. The van der Waals surface area contributed by atoms with E-state index in [1.165, 1.54) is 17.5 Å². The number of hydrogen-bond donors (Lipinski definition) is 1. The molecule has 0 radical (unpaired) electrons. The first-order valence-corrected chi connectivity index (χ1v) is 11.4. The summed E-state index contributed by atoms with van der Waals surface area (Å²) in [6.45, 7) is 1.46. The quantitative estimate of drug-likeness (QED) is 0.691. The Morgan fingerprint density at radius 3 is 2.69 bits per heavy atom. The number of fused-ring (bicyclic) bond motifs is 1. The van der Waals surface area contributed by atoms with Gasteiger partial charge in [0.1, 0.15) is 0 Å². The molecule has 1 unspecified atom stereocenters. The Morgan fingerprint density at radius 1 is 1.09 bits per heavy atom. The maximum Gasteiger partial charge on any atom is 0.274 e. The van der Waals surface area contributed by atoms with Gasteiger partial charge < -0.3 is 10.2 Å². The summed E-state index contributed by atoms with van der Waals surface area (Å²) in [6.07, 6.45) is 5.47. The van der Waals surface area contributed by atoms with Crippen molar-refractivity contribution in [3.05, 3.63) is 70.9 Å². The first-order valence-electron chi connectivity index (χ1n) is 11.4. The van der Waals surface area contributed by atoms with Crippen molar-refractivity contribution in [3.63, 3.8) is 0 Å². The van der Waals surface area contributed by atoms with Crippen LogP contribution in [-0.2, 0) is 12.8 Å². The smallest absolute Gasteiger partial charge is 0.274 e. The number of nitrogens with zero attached hydrogens (tertiary/aromatic N) is 4. The summed E-state index contributed by atoms with van der Waals surface area (Å²) in [5.41, 5.74) is 6.60. The van der Waals surface area contributed by atoms with Crippen molar-refractivity contribution in [1.82, 2.24) is 20.0 Å². The van der Waals surface area contributed by atoms with Crippen LogP contribution in [0, 0.1) is 11.3 Å². The SMILES string of the molecule is CNC1CCCN(C(=O)c2cc(-c3ccc(C#N)cc3)n(-c3ccc4c(c3)CCC4)n2)C1. The molecule has 0 spiro atoms. The molecule has 6 nitrogen and oxygen atoms in total. The summed E-state index contributed by atoms with van der Waals surface area (Å²) in [4.78, 5) is 15.3. The normalized spacial score (nSPS) is 17.8. The second kappa shape index (κ2) is 8.60. The lowest BCUT2D eigenvalue weighted by molar-refractivity contribution is 0.0691. The Hall–Kier alpha value is -3.43. The second-order valence-electron chi connectivity index (χ2n) is 8.70. The number of aromatic nitrogens is 2. The highest BCUT2D eigenvalue weighted by molar-refractivity contribution is 5.93. The molecule has 1 N–H and O–H groups in total. The Bertz CT molecular complexity index is 1190. The van der Waals surface area contributed by atoms with Crippen LogP contribution in [0.15, 0.2) is 48.5 Å². The first kappa shape index (κ1) is 20.5.